The Hall–Kier alpha value is -1.42. The highest BCUT2D eigenvalue weighted by Crippen LogP contribution is 1.75. The predicted molar refractivity (Wildman–Crippen MR) is 50.3 cm³/mol. The fourth-order valence-corrected chi connectivity index (χ4v) is 0.751. The lowest BCUT2D eigenvalue weighted by atomic mass is 10.4. The van der Waals surface area contributed by atoms with Gasteiger partial charge in [-0.2, -0.15) is 4.57 Å². The molecule has 0 fully saturated rings. The number of carbonyl (C=O) groups excluding carboxylic acids is 1. The number of hydrazine groups is 1. The van der Waals surface area contributed by atoms with Crippen LogP contribution in [0.1, 0.15) is 13.8 Å². The summed E-state index contributed by atoms with van der Waals surface area (Å²) >= 11 is 0. The second-order valence-corrected chi connectivity index (χ2v) is 2.12. The van der Waals surface area contributed by atoms with Crippen LogP contribution in [0.4, 0.5) is 0 Å². The van der Waals surface area contributed by atoms with Gasteiger partial charge in [-0.25, -0.2) is 5.84 Å². The summed E-state index contributed by atoms with van der Waals surface area (Å²) in [6.45, 7) is 4.26. The molecule has 0 aliphatic heterocycles. The second-order valence-electron chi connectivity index (χ2n) is 2.12. The van der Waals surface area contributed by atoms with Crippen molar-refractivity contribution in [3.8, 4) is 0 Å². The molecule has 1 heterocycles. The van der Waals surface area contributed by atoms with Crippen molar-refractivity contribution in [1.82, 2.24) is 5.43 Å². The number of hydrogen-bond donors (Lipinski definition) is 2. The third kappa shape index (κ3) is 4.92. The van der Waals surface area contributed by atoms with Crippen molar-refractivity contribution in [2.75, 3.05) is 0 Å². The van der Waals surface area contributed by atoms with Gasteiger partial charge in [-0.15, -0.1) is 0 Å². The molecule has 0 unspecified atom stereocenters. The van der Waals surface area contributed by atoms with E-state index >= 15 is 0 Å². The van der Waals surface area contributed by atoms with Crippen LogP contribution in [-0.4, -0.2) is 5.91 Å². The van der Waals surface area contributed by atoms with Gasteiger partial charge in [0.1, 0.15) is 0 Å². The minimum Gasteiger partial charge on any atom is -0.289 e. The summed E-state index contributed by atoms with van der Waals surface area (Å²) in [7, 11) is 0. The van der Waals surface area contributed by atoms with E-state index in [0.29, 0.717) is 0 Å². The molecule has 0 saturated carbocycles. The fraction of sp³-hybridized carbons (Fsp3) is 0.333. The average molecular weight is 182 g/mol. The first-order valence-corrected chi connectivity index (χ1v) is 4.26. The lowest BCUT2D eigenvalue weighted by molar-refractivity contribution is -0.684. The fourth-order valence-electron chi connectivity index (χ4n) is 0.751. The minimum absolute atomic E-state index is 0.207. The Morgan fingerprint density at radius 1 is 1.31 bits per heavy atom. The average Bonchev–Trinajstić information content (AvgIpc) is 2.22. The SMILES string of the molecule is CC.NNC(=O)C[n+]1ccccc1. The molecule has 4 nitrogen and oxygen atoms in total. The monoisotopic (exact) mass is 182 g/mol. The Labute approximate surface area is 78.3 Å². The smallest absolute Gasteiger partial charge is 0.289 e. The molecule has 72 valence electrons. The second kappa shape index (κ2) is 7.24. The minimum atomic E-state index is -0.207. The van der Waals surface area contributed by atoms with E-state index in [-0.39, 0.29) is 12.5 Å². The van der Waals surface area contributed by atoms with Gasteiger partial charge in [0.2, 0.25) is 6.54 Å². The molecule has 1 amide bonds. The number of carbonyl (C=O) groups is 1. The summed E-state index contributed by atoms with van der Waals surface area (Å²) in [6.07, 6.45) is 3.60. The molecule has 1 aromatic heterocycles. The number of hydrogen-bond acceptors (Lipinski definition) is 2. The Morgan fingerprint density at radius 3 is 2.31 bits per heavy atom. The summed E-state index contributed by atoms with van der Waals surface area (Å²) in [4.78, 5) is 10.7. The van der Waals surface area contributed by atoms with E-state index in [2.05, 4.69) is 5.43 Å². The Morgan fingerprint density at radius 2 is 1.85 bits per heavy atom. The zero-order valence-electron chi connectivity index (χ0n) is 8.03. The van der Waals surface area contributed by atoms with Gasteiger partial charge < -0.3 is 0 Å². The van der Waals surface area contributed by atoms with Crippen molar-refractivity contribution in [2.45, 2.75) is 20.4 Å². The molecule has 1 aromatic rings. The van der Waals surface area contributed by atoms with Gasteiger partial charge in [-0.05, 0) is 0 Å². The molecule has 0 radical (unpaired) electrons. The van der Waals surface area contributed by atoms with Crippen LogP contribution in [0.15, 0.2) is 30.6 Å². The summed E-state index contributed by atoms with van der Waals surface area (Å²) in [5, 5.41) is 0. The van der Waals surface area contributed by atoms with Crippen LogP contribution in [0.5, 0.6) is 0 Å². The maximum Gasteiger partial charge on any atom is 0.299 e. The summed E-state index contributed by atoms with van der Waals surface area (Å²) in [6, 6.07) is 5.59. The van der Waals surface area contributed by atoms with Gasteiger partial charge in [-0.3, -0.25) is 10.2 Å². The van der Waals surface area contributed by atoms with E-state index in [1.165, 1.54) is 0 Å². The quantitative estimate of drug-likeness (QED) is 0.292. The highest BCUT2D eigenvalue weighted by Gasteiger charge is 2.04. The zero-order chi connectivity index (χ0) is 10.1. The van der Waals surface area contributed by atoms with E-state index in [4.69, 9.17) is 5.84 Å². The zero-order valence-corrected chi connectivity index (χ0v) is 8.03. The van der Waals surface area contributed by atoms with Gasteiger partial charge in [-0.1, -0.05) is 19.9 Å². The van der Waals surface area contributed by atoms with Crippen molar-refractivity contribution >= 4 is 5.91 Å². The van der Waals surface area contributed by atoms with Crippen LogP contribution in [0, 0.1) is 0 Å². The van der Waals surface area contributed by atoms with Gasteiger partial charge in [0.05, 0.1) is 0 Å². The van der Waals surface area contributed by atoms with Crippen molar-refractivity contribution in [2.24, 2.45) is 5.84 Å². The van der Waals surface area contributed by atoms with E-state index in [1.807, 2.05) is 32.0 Å². The molecule has 0 aliphatic rings. The van der Waals surface area contributed by atoms with Crippen LogP contribution >= 0.6 is 0 Å². The molecule has 0 saturated heterocycles. The first-order chi connectivity index (χ1) is 6.33. The molecular formula is C9H16N3O+. The standard InChI is InChI=1S/C7H9N3O.C2H6/c8-9-7(11)6-10-4-2-1-3-5-10;1-2/h1-5H,6,8H2;1-2H3/p+1. The van der Waals surface area contributed by atoms with E-state index in [1.54, 1.807) is 17.0 Å². The predicted octanol–water partition coefficient (Wildman–Crippen LogP) is -0.00980. The van der Waals surface area contributed by atoms with Crippen LogP contribution in [0.25, 0.3) is 0 Å². The van der Waals surface area contributed by atoms with Crippen molar-refractivity contribution in [3.63, 3.8) is 0 Å². The van der Waals surface area contributed by atoms with Crippen LogP contribution in [-0.2, 0) is 11.3 Å². The summed E-state index contributed by atoms with van der Waals surface area (Å²) in [5.41, 5.74) is 2.05. The first-order valence-electron chi connectivity index (χ1n) is 4.26. The van der Waals surface area contributed by atoms with Crippen molar-refractivity contribution in [3.05, 3.63) is 30.6 Å². The number of nitrogens with one attached hydrogen (secondary N) is 1. The van der Waals surface area contributed by atoms with Gasteiger partial charge in [0.15, 0.2) is 12.4 Å². The molecule has 0 aromatic carbocycles. The number of amides is 1. The third-order valence-electron chi connectivity index (χ3n) is 1.26. The van der Waals surface area contributed by atoms with Crippen LogP contribution < -0.4 is 15.8 Å². The molecule has 0 aliphatic carbocycles. The van der Waals surface area contributed by atoms with E-state index in [9.17, 15) is 4.79 Å². The number of pyridine rings is 1. The topological polar surface area (TPSA) is 59.0 Å². The molecule has 1 rings (SSSR count). The molecule has 3 N–H and O–H groups in total. The molecule has 4 heteroatoms. The maximum atomic E-state index is 10.7. The molecule has 13 heavy (non-hydrogen) atoms. The lowest BCUT2D eigenvalue weighted by Gasteiger charge is -1.93. The number of aromatic nitrogens is 1. The Balaban J connectivity index is 0.000000671. The largest absolute Gasteiger partial charge is 0.299 e. The molecule has 0 bridgehead atoms. The van der Waals surface area contributed by atoms with E-state index < -0.39 is 0 Å². The van der Waals surface area contributed by atoms with Gasteiger partial charge in [0, 0.05) is 12.1 Å². The number of nitrogens with two attached hydrogens (primary N) is 1. The number of rotatable bonds is 2. The van der Waals surface area contributed by atoms with Crippen molar-refractivity contribution in [1.29, 1.82) is 0 Å². The van der Waals surface area contributed by atoms with Gasteiger partial charge >= 0.3 is 0 Å². The number of nitrogens with zero attached hydrogens (tertiary/aromatic N) is 1. The summed E-state index contributed by atoms with van der Waals surface area (Å²) < 4.78 is 1.74. The normalized spacial score (nSPS) is 8.23. The van der Waals surface area contributed by atoms with Crippen LogP contribution in [0.2, 0.25) is 0 Å². The molecule has 0 atom stereocenters. The Kier molecular flexibility index (Phi) is 6.45. The Bertz CT molecular complexity index is 236. The first kappa shape index (κ1) is 11.6. The van der Waals surface area contributed by atoms with Crippen LogP contribution in [0.3, 0.4) is 0 Å². The highest BCUT2D eigenvalue weighted by molar-refractivity contribution is 5.73. The third-order valence-corrected chi connectivity index (χ3v) is 1.26. The highest BCUT2D eigenvalue weighted by atomic mass is 16.2. The van der Waals surface area contributed by atoms with E-state index in [0.717, 1.165) is 0 Å². The molecule has 0 spiro atoms. The summed E-state index contributed by atoms with van der Waals surface area (Å²) in [5.74, 6) is 4.70. The lowest BCUT2D eigenvalue weighted by Crippen LogP contribution is -2.44. The van der Waals surface area contributed by atoms with Crippen molar-refractivity contribution < 1.29 is 9.36 Å². The maximum absolute atomic E-state index is 10.7. The molecular weight excluding hydrogens is 166 g/mol. The van der Waals surface area contributed by atoms with Gasteiger partial charge in [0.25, 0.3) is 5.91 Å².